The molecule has 0 fully saturated rings. The van der Waals surface area contributed by atoms with Gasteiger partial charge >= 0.3 is 5.69 Å². The molecule has 12 heteroatoms. The van der Waals surface area contributed by atoms with Gasteiger partial charge < -0.3 is 14.5 Å². The third kappa shape index (κ3) is 5.24. The molecule has 4 rings (SSSR count). The zero-order valence-corrected chi connectivity index (χ0v) is 17.7. The molecule has 0 radical (unpaired) electrons. The molecule has 2 aromatic carbocycles. The first-order chi connectivity index (χ1) is 16.3. The first-order valence-electron chi connectivity index (χ1n) is 9.88. The Morgan fingerprint density at radius 2 is 1.85 bits per heavy atom. The number of nitrogens with zero attached hydrogens (tertiary/aromatic N) is 4. The van der Waals surface area contributed by atoms with E-state index in [-0.39, 0.29) is 35.1 Å². The summed E-state index contributed by atoms with van der Waals surface area (Å²) in [5.41, 5.74) is 0.664. The van der Waals surface area contributed by atoms with Crippen LogP contribution in [-0.4, -0.2) is 25.5 Å². The lowest BCUT2D eigenvalue weighted by atomic mass is 10.2. The lowest BCUT2D eigenvalue weighted by molar-refractivity contribution is -0.385. The number of furan rings is 1. The highest BCUT2D eigenvalue weighted by molar-refractivity contribution is 6.02. The second-order valence-corrected chi connectivity index (χ2v) is 7.26. The molecule has 0 aliphatic rings. The minimum atomic E-state index is -0.639. The second kappa shape index (κ2) is 9.24. The van der Waals surface area contributed by atoms with Crippen molar-refractivity contribution in [2.45, 2.75) is 13.5 Å². The third-order valence-electron chi connectivity index (χ3n) is 4.62. The highest BCUT2D eigenvalue weighted by atomic mass is 16.6. The van der Waals surface area contributed by atoms with Gasteiger partial charge in [-0.3, -0.25) is 29.7 Å². The van der Waals surface area contributed by atoms with Gasteiger partial charge in [-0.15, -0.1) is 0 Å². The fraction of sp³-hybridized carbons (Fsp3) is 0.0909. The topological polar surface area (TPSA) is 156 Å². The van der Waals surface area contributed by atoms with Crippen molar-refractivity contribution in [1.82, 2.24) is 9.78 Å². The Morgan fingerprint density at radius 1 is 1.06 bits per heavy atom. The van der Waals surface area contributed by atoms with Gasteiger partial charge in [0.05, 0.1) is 28.1 Å². The summed E-state index contributed by atoms with van der Waals surface area (Å²) in [5, 5.41) is 28.5. The fourth-order valence-electron chi connectivity index (χ4n) is 3.11. The van der Waals surface area contributed by atoms with Crippen molar-refractivity contribution in [3.63, 3.8) is 0 Å². The largest absolute Gasteiger partial charge is 0.457 e. The number of carbonyl (C=O) groups excluding carboxylic acids is 1. The lowest BCUT2D eigenvalue weighted by Crippen LogP contribution is -2.11. The van der Waals surface area contributed by atoms with Crippen molar-refractivity contribution < 1.29 is 23.8 Å². The molecule has 0 atom stereocenters. The number of carbonyl (C=O) groups is 1. The summed E-state index contributed by atoms with van der Waals surface area (Å²) in [6, 6.07) is 14.0. The van der Waals surface area contributed by atoms with Crippen LogP contribution >= 0.6 is 0 Å². The second-order valence-electron chi connectivity index (χ2n) is 7.26. The Balaban J connectivity index is 1.50. The first kappa shape index (κ1) is 22.2. The number of non-ortho nitro benzene ring substituents is 1. The Kier molecular flexibility index (Phi) is 6.03. The minimum Gasteiger partial charge on any atom is -0.457 e. The predicted octanol–water partition coefficient (Wildman–Crippen LogP) is 4.69. The number of amides is 1. The van der Waals surface area contributed by atoms with Gasteiger partial charge in [-0.2, -0.15) is 5.10 Å². The van der Waals surface area contributed by atoms with Crippen molar-refractivity contribution in [3.05, 3.63) is 104 Å². The van der Waals surface area contributed by atoms with E-state index in [1.165, 1.54) is 41.2 Å². The van der Waals surface area contributed by atoms with Crippen LogP contribution in [0.5, 0.6) is 11.5 Å². The number of nitro benzene ring substituents is 1. The number of benzene rings is 2. The number of anilines is 1. The van der Waals surface area contributed by atoms with Crippen molar-refractivity contribution >= 4 is 23.0 Å². The maximum absolute atomic E-state index is 12.6. The molecular formula is C22H17N5O7. The van der Waals surface area contributed by atoms with Gasteiger partial charge in [-0.1, -0.05) is 12.1 Å². The SMILES string of the molecule is Cc1cccc(Oc2cc(NC(=O)c3ccc(Cn4cc([N+](=O)[O-])cn4)o3)cc([N+](=O)[O-])c2)c1. The summed E-state index contributed by atoms with van der Waals surface area (Å²) in [6.07, 6.45) is 2.34. The molecule has 12 nitrogen and oxygen atoms in total. The maximum atomic E-state index is 12.6. The molecule has 1 N–H and O–H groups in total. The monoisotopic (exact) mass is 463 g/mol. The molecule has 2 aromatic heterocycles. The summed E-state index contributed by atoms with van der Waals surface area (Å²) < 4.78 is 12.5. The highest BCUT2D eigenvalue weighted by Gasteiger charge is 2.17. The lowest BCUT2D eigenvalue weighted by Gasteiger charge is -2.09. The van der Waals surface area contributed by atoms with Crippen LogP contribution in [0, 0.1) is 27.2 Å². The van der Waals surface area contributed by atoms with Crippen LogP contribution in [0.3, 0.4) is 0 Å². The summed E-state index contributed by atoms with van der Waals surface area (Å²) in [7, 11) is 0. The van der Waals surface area contributed by atoms with E-state index < -0.39 is 15.8 Å². The van der Waals surface area contributed by atoms with Crippen LogP contribution in [0.25, 0.3) is 0 Å². The van der Waals surface area contributed by atoms with Crippen molar-refractivity contribution in [3.8, 4) is 11.5 Å². The van der Waals surface area contributed by atoms with Crippen LogP contribution in [0.1, 0.15) is 21.9 Å². The van der Waals surface area contributed by atoms with Gasteiger partial charge in [0.2, 0.25) is 0 Å². The van der Waals surface area contributed by atoms with E-state index >= 15 is 0 Å². The van der Waals surface area contributed by atoms with E-state index in [1.54, 1.807) is 18.2 Å². The van der Waals surface area contributed by atoms with Gasteiger partial charge in [0, 0.05) is 12.1 Å². The average molecular weight is 463 g/mol. The van der Waals surface area contributed by atoms with Gasteiger partial charge in [0.1, 0.15) is 29.7 Å². The van der Waals surface area contributed by atoms with Crippen molar-refractivity contribution in [2.75, 3.05) is 5.32 Å². The molecule has 1 amide bonds. The summed E-state index contributed by atoms with van der Waals surface area (Å²) in [5.74, 6) is 0.317. The van der Waals surface area contributed by atoms with Crippen LogP contribution in [0.2, 0.25) is 0 Å². The smallest absolute Gasteiger partial charge is 0.307 e. The standard InChI is InChI=1S/C22H17N5O7/c1-14-3-2-4-18(7-14)33-20-9-15(8-16(10-20)26(29)30)24-22(28)21-6-5-19(34-21)13-25-12-17(11-23-25)27(31)32/h2-12H,13H2,1H3,(H,24,28). The minimum absolute atomic E-state index is 0.0516. The number of aryl methyl sites for hydroxylation is 1. The molecular weight excluding hydrogens is 446 g/mol. The van der Waals surface area contributed by atoms with Gasteiger partial charge in [0.15, 0.2) is 5.76 Å². The van der Waals surface area contributed by atoms with Gasteiger partial charge in [-0.25, -0.2) is 0 Å². The molecule has 0 aliphatic carbocycles. The van der Waals surface area contributed by atoms with E-state index in [2.05, 4.69) is 10.4 Å². The molecule has 34 heavy (non-hydrogen) atoms. The van der Waals surface area contributed by atoms with Crippen molar-refractivity contribution in [1.29, 1.82) is 0 Å². The number of rotatable bonds is 8. The number of nitrogens with one attached hydrogen (secondary N) is 1. The van der Waals surface area contributed by atoms with E-state index in [0.29, 0.717) is 11.5 Å². The average Bonchev–Trinajstić information content (AvgIpc) is 3.44. The zero-order valence-electron chi connectivity index (χ0n) is 17.7. The number of hydrogen-bond donors (Lipinski definition) is 1. The van der Waals surface area contributed by atoms with Crippen LogP contribution < -0.4 is 10.1 Å². The van der Waals surface area contributed by atoms with Gasteiger partial charge in [-0.05, 0) is 36.8 Å². The van der Waals surface area contributed by atoms with Crippen molar-refractivity contribution in [2.24, 2.45) is 0 Å². The predicted molar refractivity (Wildman–Crippen MR) is 119 cm³/mol. The highest BCUT2D eigenvalue weighted by Crippen LogP contribution is 2.30. The number of hydrogen-bond acceptors (Lipinski definition) is 8. The molecule has 4 aromatic rings. The fourth-order valence-corrected chi connectivity index (χ4v) is 3.11. The molecule has 0 saturated heterocycles. The first-order valence-corrected chi connectivity index (χ1v) is 9.88. The quantitative estimate of drug-likeness (QED) is 0.291. The van der Waals surface area contributed by atoms with E-state index in [4.69, 9.17) is 9.15 Å². The van der Waals surface area contributed by atoms with Crippen LogP contribution in [0.15, 0.2) is 71.4 Å². The Labute approximate surface area is 191 Å². The third-order valence-corrected chi connectivity index (χ3v) is 4.62. The van der Waals surface area contributed by atoms with Crippen LogP contribution in [0.4, 0.5) is 17.1 Å². The molecule has 0 unspecified atom stereocenters. The summed E-state index contributed by atoms with van der Waals surface area (Å²) in [4.78, 5) is 33.6. The number of aromatic nitrogens is 2. The normalized spacial score (nSPS) is 10.6. The van der Waals surface area contributed by atoms with Crippen LogP contribution in [-0.2, 0) is 6.54 Å². The zero-order chi connectivity index (χ0) is 24.2. The van der Waals surface area contributed by atoms with E-state index in [0.717, 1.165) is 11.8 Å². The summed E-state index contributed by atoms with van der Waals surface area (Å²) >= 11 is 0. The Morgan fingerprint density at radius 3 is 2.56 bits per heavy atom. The molecule has 172 valence electrons. The Hall–Kier alpha value is -5.00. The number of ether oxygens (including phenoxy) is 1. The van der Waals surface area contributed by atoms with Gasteiger partial charge in [0.25, 0.3) is 11.6 Å². The molecule has 0 aliphatic heterocycles. The summed E-state index contributed by atoms with van der Waals surface area (Å²) in [6.45, 7) is 1.96. The maximum Gasteiger partial charge on any atom is 0.307 e. The molecule has 0 bridgehead atoms. The van der Waals surface area contributed by atoms with E-state index in [1.807, 2.05) is 13.0 Å². The molecule has 2 heterocycles. The van der Waals surface area contributed by atoms with E-state index in [9.17, 15) is 25.0 Å². The Bertz CT molecular complexity index is 1390. The number of nitro groups is 2. The molecule has 0 spiro atoms. The molecule has 0 saturated carbocycles.